The molecule has 148 valence electrons. The lowest BCUT2D eigenvalue weighted by Gasteiger charge is -2.34. The largest absolute Gasteiger partial charge is 0.377 e. The van der Waals surface area contributed by atoms with Crippen LogP contribution in [0.1, 0.15) is 24.7 Å². The van der Waals surface area contributed by atoms with Gasteiger partial charge in [0.15, 0.2) is 5.82 Å². The second-order valence-electron chi connectivity index (χ2n) is 7.32. The third-order valence-electron chi connectivity index (χ3n) is 5.41. The second kappa shape index (κ2) is 7.93. The highest BCUT2D eigenvalue weighted by Crippen LogP contribution is 2.39. The Morgan fingerprint density at radius 2 is 2.07 bits per heavy atom. The van der Waals surface area contributed by atoms with E-state index in [4.69, 9.17) is 14.7 Å². The summed E-state index contributed by atoms with van der Waals surface area (Å²) >= 11 is 1.67. The minimum atomic E-state index is 0.355. The van der Waals surface area contributed by atoms with Gasteiger partial charge < -0.3 is 9.64 Å². The van der Waals surface area contributed by atoms with Crippen LogP contribution in [0.5, 0.6) is 0 Å². The third kappa shape index (κ3) is 3.52. The fourth-order valence-corrected chi connectivity index (χ4v) is 5.04. The first-order valence-corrected chi connectivity index (χ1v) is 10.8. The van der Waals surface area contributed by atoms with Gasteiger partial charge in [0.2, 0.25) is 0 Å². The summed E-state index contributed by atoms with van der Waals surface area (Å²) in [7, 11) is 1.69. The molecule has 1 fully saturated rings. The van der Waals surface area contributed by atoms with Gasteiger partial charge in [0.25, 0.3) is 0 Å². The summed E-state index contributed by atoms with van der Waals surface area (Å²) in [6.07, 6.45) is 6.15. The summed E-state index contributed by atoms with van der Waals surface area (Å²) in [6.45, 7) is 2.29. The van der Waals surface area contributed by atoms with Gasteiger partial charge >= 0.3 is 0 Å². The van der Waals surface area contributed by atoms with Crippen LogP contribution >= 0.6 is 11.3 Å². The van der Waals surface area contributed by atoms with Crippen LogP contribution in [0, 0.1) is 0 Å². The standard InChI is InChI=1S/C22H23N5OS/c1-28-14-19-24-21(26-11-5-9-17(13-26)27-12-6-10-23-27)20-18(15-29-22(20)25-19)16-7-3-2-4-8-16/h2-4,6-8,10,12,15,17H,5,9,11,13-14H2,1H3. The van der Waals surface area contributed by atoms with Gasteiger partial charge in [-0.05, 0) is 24.5 Å². The van der Waals surface area contributed by atoms with Gasteiger partial charge in [-0.3, -0.25) is 4.68 Å². The molecular weight excluding hydrogens is 382 g/mol. The van der Waals surface area contributed by atoms with E-state index in [0.29, 0.717) is 12.6 Å². The summed E-state index contributed by atoms with van der Waals surface area (Å²) in [4.78, 5) is 13.1. The Hall–Kier alpha value is -2.77. The number of benzene rings is 1. The lowest BCUT2D eigenvalue weighted by molar-refractivity contribution is 0.178. The molecule has 1 aromatic carbocycles. The van der Waals surface area contributed by atoms with Crippen molar-refractivity contribution in [1.29, 1.82) is 0 Å². The first kappa shape index (κ1) is 18.3. The number of methoxy groups -OCH3 is 1. The molecule has 0 N–H and O–H groups in total. The quantitative estimate of drug-likeness (QED) is 0.488. The van der Waals surface area contributed by atoms with Gasteiger partial charge in [0.1, 0.15) is 17.3 Å². The highest BCUT2D eigenvalue weighted by molar-refractivity contribution is 7.17. The Morgan fingerprint density at radius 1 is 1.17 bits per heavy atom. The second-order valence-corrected chi connectivity index (χ2v) is 8.18. The van der Waals surface area contributed by atoms with Crippen LogP contribution in [-0.2, 0) is 11.3 Å². The zero-order valence-corrected chi connectivity index (χ0v) is 17.2. The molecule has 0 aliphatic carbocycles. The first-order valence-electron chi connectivity index (χ1n) is 9.90. The Morgan fingerprint density at radius 3 is 2.86 bits per heavy atom. The molecule has 1 aliphatic heterocycles. The van der Waals surface area contributed by atoms with E-state index >= 15 is 0 Å². The molecule has 7 heteroatoms. The van der Waals surface area contributed by atoms with E-state index in [1.54, 1.807) is 18.4 Å². The number of nitrogens with zero attached hydrogens (tertiary/aromatic N) is 5. The monoisotopic (exact) mass is 405 g/mol. The molecule has 1 atom stereocenters. The predicted octanol–water partition coefficient (Wildman–Crippen LogP) is 4.54. The molecule has 0 radical (unpaired) electrons. The number of rotatable bonds is 5. The third-order valence-corrected chi connectivity index (χ3v) is 6.29. The number of thiophene rings is 1. The Balaban J connectivity index is 1.61. The van der Waals surface area contributed by atoms with Crippen molar-refractivity contribution in [2.45, 2.75) is 25.5 Å². The van der Waals surface area contributed by atoms with Crippen molar-refractivity contribution < 1.29 is 4.74 Å². The van der Waals surface area contributed by atoms with Crippen molar-refractivity contribution in [1.82, 2.24) is 19.7 Å². The molecule has 1 saturated heterocycles. The number of hydrogen-bond donors (Lipinski definition) is 0. The number of anilines is 1. The molecule has 3 aromatic heterocycles. The summed E-state index contributed by atoms with van der Waals surface area (Å²) in [5.41, 5.74) is 2.40. The van der Waals surface area contributed by atoms with Gasteiger partial charge in [0.05, 0.1) is 11.4 Å². The van der Waals surface area contributed by atoms with E-state index in [2.05, 4.69) is 50.5 Å². The molecule has 4 heterocycles. The minimum Gasteiger partial charge on any atom is -0.377 e. The summed E-state index contributed by atoms with van der Waals surface area (Å²) in [6, 6.07) is 12.8. The molecule has 6 nitrogen and oxygen atoms in total. The van der Waals surface area contributed by atoms with Crippen LogP contribution in [0.4, 0.5) is 5.82 Å². The zero-order chi connectivity index (χ0) is 19.6. The van der Waals surface area contributed by atoms with Crippen LogP contribution in [0.3, 0.4) is 0 Å². The van der Waals surface area contributed by atoms with Crippen molar-refractivity contribution in [2.75, 3.05) is 25.1 Å². The van der Waals surface area contributed by atoms with E-state index < -0.39 is 0 Å². The predicted molar refractivity (Wildman–Crippen MR) is 116 cm³/mol. The Kier molecular flexibility index (Phi) is 4.99. The molecule has 0 amide bonds. The molecule has 1 unspecified atom stereocenters. The maximum absolute atomic E-state index is 5.34. The highest BCUT2D eigenvalue weighted by Gasteiger charge is 2.26. The average Bonchev–Trinajstić information content (AvgIpc) is 3.44. The lowest BCUT2D eigenvalue weighted by Crippen LogP contribution is -2.37. The maximum atomic E-state index is 5.34. The molecule has 29 heavy (non-hydrogen) atoms. The van der Waals surface area contributed by atoms with Gasteiger partial charge in [-0.25, -0.2) is 9.97 Å². The van der Waals surface area contributed by atoms with Gasteiger partial charge in [-0.1, -0.05) is 30.3 Å². The Labute approximate surface area is 173 Å². The Bertz CT molecular complexity index is 1090. The number of fused-ring (bicyclic) bond motifs is 1. The molecule has 5 rings (SSSR count). The van der Waals surface area contributed by atoms with Crippen LogP contribution in [0.25, 0.3) is 21.3 Å². The number of aromatic nitrogens is 4. The first-order chi connectivity index (χ1) is 14.3. The number of ether oxygens (including phenoxy) is 1. The van der Waals surface area contributed by atoms with Crippen molar-refractivity contribution in [3.8, 4) is 11.1 Å². The van der Waals surface area contributed by atoms with Crippen LogP contribution in [0.15, 0.2) is 54.2 Å². The van der Waals surface area contributed by atoms with Crippen LogP contribution < -0.4 is 4.90 Å². The van der Waals surface area contributed by atoms with Crippen molar-refractivity contribution in [3.05, 3.63) is 60.0 Å². The SMILES string of the molecule is COCc1nc(N2CCCC(n3cccn3)C2)c2c(-c3ccccc3)csc2n1. The minimum absolute atomic E-state index is 0.355. The highest BCUT2D eigenvalue weighted by atomic mass is 32.1. The van der Waals surface area contributed by atoms with Gasteiger partial charge in [0, 0.05) is 43.5 Å². The molecule has 0 spiro atoms. The molecule has 0 bridgehead atoms. The average molecular weight is 406 g/mol. The normalized spacial score (nSPS) is 17.1. The summed E-state index contributed by atoms with van der Waals surface area (Å²) in [5.74, 6) is 1.75. The fraction of sp³-hybridized carbons (Fsp3) is 0.318. The molecular formula is C22H23N5OS. The van der Waals surface area contributed by atoms with E-state index in [1.807, 2.05) is 18.3 Å². The smallest absolute Gasteiger partial charge is 0.158 e. The topological polar surface area (TPSA) is 56.1 Å². The fourth-order valence-electron chi connectivity index (χ4n) is 4.08. The maximum Gasteiger partial charge on any atom is 0.158 e. The van der Waals surface area contributed by atoms with Gasteiger partial charge in [-0.2, -0.15) is 5.10 Å². The molecule has 1 aliphatic rings. The van der Waals surface area contributed by atoms with Crippen molar-refractivity contribution in [3.63, 3.8) is 0 Å². The number of hydrogen-bond acceptors (Lipinski definition) is 6. The van der Waals surface area contributed by atoms with E-state index in [0.717, 1.165) is 47.8 Å². The molecule has 4 aromatic rings. The van der Waals surface area contributed by atoms with Crippen LogP contribution in [-0.4, -0.2) is 39.9 Å². The lowest BCUT2D eigenvalue weighted by atomic mass is 10.0. The zero-order valence-electron chi connectivity index (χ0n) is 16.4. The van der Waals surface area contributed by atoms with E-state index in [1.165, 1.54) is 11.1 Å². The van der Waals surface area contributed by atoms with Crippen molar-refractivity contribution in [2.24, 2.45) is 0 Å². The summed E-state index contributed by atoms with van der Waals surface area (Å²) < 4.78 is 7.41. The van der Waals surface area contributed by atoms with Crippen LogP contribution in [0.2, 0.25) is 0 Å². The molecule has 0 saturated carbocycles. The number of piperidine rings is 1. The van der Waals surface area contributed by atoms with Crippen molar-refractivity contribution >= 4 is 27.4 Å². The van der Waals surface area contributed by atoms with Gasteiger partial charge in [-0.15, -0.1) is 11.3 Å². The summed E-state index contributed by atoms with van der Waals surface area (Å²) in [5, 5.41) is 7.81. The van der Waals surface area contributed by atoms with E-state index in [-0.39, 0.29) is 0 Å². The van der Waals surface area contributed by atoms with E-state index in [9.17, 15) is 0 Å².